The highest BCUT2D eigenvalue weighted by molar-refractivity contribution is 7.92. The SMILES string of the molecule is CC(=O)Nc1nc2ccc(-c3cnc(Cl)c(NS(=O)(=O)c4cccc(Cl)c4)c3)cc2s1. The summed E-state index contributed by atoms with van der Waals surface area (Å²) in [5, 5.41) is 3.49. The predicted octanol–water partition coefficient (Wildman–Crippen LogP) is 5.42. The lowest BCUT2D eigenvalue weighted by molar-refractivity contribution is -0.114. The first-order valence-corrected chi connectivity index (χ1v) is 11.9. The molecule has 0 saturated carbocycles. The molecule has 0 spiro atoms. The average Bonchev–Trinajstić information content (AvgIpc) is 3.10. The number of anilines is 2. The molecule has 7 nitrogen and oxygen atoms in total. The number of hydrogen-bond acceptors (Lipinski definition) is 6. The largest absolute Gasteiger partial charge is 0.302 e. The maximum Gasteiger partial charge on any atom is 0.262 e. The Kier molecular flexibility index (Phi) is 5.85. The lowest BCUT2D eigenvalue weighted by Gasteiger charge is -2.11. The van der Waals surface area contributed by atoms with Crippen molar-refractivity contribution in [1.82, 2.24) is 9.97 Å². The second-order valence-corrected chi connectivity index (χ2v) is 10.0. The van der Waals surface area contributed by atoms with E-state index in [1.165, 1.54) is 30.4 Å². The molecular weight excluding hydrogens is 479 g/mol. The van der Waals surface area contributed by atoms with E-state index >= 15 is 0 Å². The fraction of sp³-hybridized carbons (Fsp3) is 0.0500. The minimum Gasteiger partial charge on any atom is -0.302 e. The van der Waals surface area contributed by atoms with Crippen LogP contribution in [0.2, 0.25) is 10.2 Å². The van der Waals surface area contributed by atoms with Gasteiger partial charge in [0.05, 0.1) is 20.8 Å². The van der Waals surface area contributed by atoms with Crippen molar-refractivity contribution < 1.29 is 13.2 Å². The minimum atomic E-state index is -3.91. The number of thiazole rings is 1. The number of nitrogens with zero attached hydrogens (tertiary/aromatic N) is 2. The molecule has 4 rings (SSSR count). The lowest BCUT2D eigenvalue weighted by Crippen LogP contribution is -2.13. The van der Waals surface area contributed by atoms with Gasteiger partial charge in [-0.15, -0.1) is 0 Å². The molecular formula is C20H14Cl2N4O3S2. The maximum atomic E-state index is 12.7. The molecule has 4 aromatic rings. The summed E-state index contributed by atoms with van der Waals surface area (Å²) in [6.45, 7) is 1.42. The Morgan fingerprint density at radius 1 is 1.06 bits per heavy atom. The Hall–Kier alpha value is -2.72. The molecule has 2 aromatic carbocycles. The van der Waals surface area contributed by atoms with Crippen molar-refractivity contribution in [1.29, 1.82) is 0 Å². The Morgan fingerprint density at radius 2 is 1.87 bits per heavy atom. The van der Waals surface area contributed by atoms with Crippen molar-refractivity contribution in [3.63, 3.8) is 0 Å². The van der Waals surface area contributed by atoms with Crippen molar-refractivity contribution in [2.45, 2.75) is 11.8 Å². The smallest absolute Gasteiger partial charge is 0.262 e. The molecule has 0 bridgehead atoms. The molecule has 2 N–H and O–H groups in total. The molecule has 31 heavy (non-hydrogen) atoms. The van der Waals surface area contributed by atoms with Gasteiger partial charge in [-0.25, -0.2) is 18.4 Å². The van der Waals surface area contributed by atoms with Gasteiger partial charge in [-0.2, -0.15) is 0 Å². The van der Waals surface area contributed by atoms with E-state index in [1.807, 2.05) is 18.2 Å². The zero-order chi connectivity index (χ0) is 22.2. The summed E-state index contributed by atoms with van der Waals surface area (Å²) in [7, 11) is -3.91. The van der Waals surface area contributed by atoms with Crippen LogP contribution in [0, 0.1) is 0 Å². The number of aromatic nitrogens is 2. The number of pyridine rings is 1. The van der Waals surface area contributed by atoms with Gasteiger partial charge in [-0.1, -0.05) is 46.7 Å². The first kappa shape index (κ1) is 21.5. The van der Waals surface area contributed by atoms with E-state index < -0.39 is 10.0 Å². The number of nitrogens with one attached hydrogen (secondary N) is 2. The van der Waals surface area contributed by atoms with Gasteiger partial charge in [-0.3, -0.25) is 9.52 Å². The Labute approximate surface area is 192 Å². The van der Waals surface area contributed by atoms with Crippen LogP contribution >= 0.6 is 34.5 Å². The Bertz CT molecular complexity index is 1420. The summed E-state index contributed by atoms with van der Waals surface area (Å²) in [5.74, 6) is -0.196. The number of halogens is 2. The van der Waals surface area contributed by atoms with Crippen LogP contribution in [-0.4, -0.2) is 24.3 Å². The van der Waals surface area contributed by atoms with Crippen molar-refractivity contribution in [2.75, 3.05) is 10.0 Å². The van der Waals surface area contributed by atoms with Crippen LogP contribution in [0.5, 0.6) is 0 Å². The molecule has 0 saturated heterocycles. The van der Waals surface area contributed by atoms with Gasteiger partial charge < -0.3 is 5.32 Å². The first-order chi connectivity index (χ1) is 14.7. The third-order valence-electron chi connectivity index (χ3n) is 4.19. The molecule has 0 aliphatic rings. The zero-order valence-corrected chi connectivity index (χ0v) is 19.0. The number of carbonyl (C=O) groups is 1. The topological polar surface area (TPSA) is 101 Å². The summed E-state index contributed by atoms with van der Waals surface area (Å²) in [5.41, 5.74) is 2.33. The lowest BCUT2D eigenvalue weighted by atomic mass is 10.1. The monoisotopic (exact) mass is 492 g/mol. The van der Waals surface area contributed by atoms with Crippen LogP contribution in [0.3, 0.4) is 0 Å². The van der Waals surface area contributed by atoms with E-state index in [1.54, 1.807) is 24.4 Å². The number of fused-ring (bicyclic) bond motifs is 1. The number of amides is 1. The average molecular weight is 493 g/mol. The number of rotatable bonds is 5. The molecule has 0 fully saturated rings. The summed E-state index contributed by atoms with van der Waals surface area (Å²) in [4.78, 5) is 19.7. The van der Waals surface area contributed by atoms with Crippen LogP contribution in [0.1, 0.15) is 6.92 Å². The summed E-state index contributed by atoms with van der Waals surface area (Å²) < 4.78 is 28.8. The van der Waals surface area contributed by atoms with Crippen LogP contribution < -0.4 is 10.0 Å². The van der Waals surface area contributed by atoms with E-state index in [2.05, 4.69) is 20.0 Å². The van der Waals surface area contributed by atoms with E-state index in [0.29, 0.717) is 15.7 Å². The van der Waals surface area contributed by atoms with Crippen molar-refractivity contribution in [3.05, 3.63) is 64.9 Å². The zero-order valence-electron chi connectivity index (χ0n) is 15.9. The number of benzene rings is 2. The standard InChI is InChI=1S/C20H14Cl2N4O3S2/c1-11(27)24-20-25-16-6-5-12(8-18(16)30-20)13-7-17(19(22)23-10-13)26-31(28,29)15-4-2-3-14(21)9-15/h2-10,26H,1H3,(H,24,25,27). The van der Waals surface area contributed by atoms with E-state index in [9.17, 15) is 13.2 Å². The molecule has 158 valence electrons. The van der Waals surface area contributed by atoms with Gasteiger partial charge >= 0.3 is 0 Å². The third kappa shape index (κ3) is 4.80. The summed E-state index contributed by atoms with van der Waals surface area (Å²) in [6.07, 6.45) is 1.55. The Balaban J connectivity index is 1.68. The van der Waals surface area contributed by atoms with Gasteiger partial charge in [0.1, 0.15) is 0 Å². The molecule has 2 heterocycles. The van der Waals surface area contributed by atoms with Gasteiger partial charge in [-0.05, 0) is 42.0 Å². The molecule has 0 atom stereocenters. The van der Waals surface area contributed by atoms with Crippen LogP contribution in [0.4, 0.5) is 10.8 Å². The highest BCUT2D eigenvalue weighted by Crippen LogP contribution is 2.33. The maximum absolute atomic E-state index is 12.7. The normalized spacial score (nSPS) is 11.5. The quantitative estimate of drug-likeness (QED) is 0.362. The third-order valence-corrected chi connectivity index (χ3v) is 7.03. The Morgan fingerprint density at radius 3 is 2.61 bits per heavy atom. The molecule has 0 aliphatic heterocycles. The molecule has 11 heteroatoms. The molecule has 2 aromatic heterocycles. The fourth-order valence-corrected chi connectivity index (χ4v) is 5.34. The number of hydrogen-bond donors (Lipinski definition) is 2. The van der Waals surface area contributed by atoms with Crippen molar-refractivity contribution in [2.24, 2.45) is 0 Å². The molecule has 0 aliphatic carbocycles. The summed E-state index contributed by atoms with van der Waals surface area (Å²) in [6, 6.07) is 13.1. The molecule has 1 amide bonds. The van der Waals surface area contributed by atoms with Gasteiger partial charge in [0.25, 0.3) is 10.0 Å². The molecule has 0 unspecified atom stereocenters. The summed E-state index contributed by atoms with van der Waals surface area (Å²) >= 11 is 13.4. The van der Waals surface area contributed by atoms with E-state index in [4.69, 9.17) is 23.2 Å². The van der Waals surface area contributed by atoms with Crippen molar-refractivity contribution in [3.8, 4) is 11.1 Å². The minimum absolute atomic E-state index is 0.0121. The first-order valence-electron chi connectivity index (χ1n) is 8.84. The highest BCUT2D eigenvalue weighted by Gasteiger charge is 2.17. The predicted molar refractivity (Wildman–Crippen MR) is 124 cm³/mol. The molecule has 0 radical (unpaired) electrons. The van der Waals surface area contributed by atoms with Gasteiger partial charge in [0.15, 0.2) is 10.3 Å². The number of carbonyl (C=O) groups excluding carboxylic acids is 1. The van der Waals surface area contributed by atoms with Crippen LogP contribution in [0.25, 0.3) is 21.3 Å². The van der Waals surface area contributed by atoms with Gasteiger partial charge in [0.2, 0.25) is 5.91 Å². The fourth-order valence-electron chi connectivity index (χ4n) is 2.82. The highest BCUT2D eigenvalue weighted by atomic mass is 35.5. The van der Waals surface area contributed by atoms with Crippen molar-refractivity contribution >= 4 is 71.5 Å². The second-order valence-electron chi connectivity index (χ2n) is 6.51. The van der Waals surface area contributed by atoms with E-state index in [-0.39, 0.29) is 21.6 Å². The van der Waals surface area contributed by atoms with Crippen LogP contribution in [-0.2, 0) is 14.8 Å². The number of sulfonamides is 1. The second kappa shape index (κ2) is 8.43. The van der Waals surface area contributed by atoms with Gasteiger partial charge in [0, 0.05) is 23.7 Å². The van der Waals surface area contributed by atoms with E-state index in [0.717, 1.165) is 15.8 Å². The van der Waals surface area contributed by atoms with Crippen LogP contribution in [0.15, 0.2) is 59.6 Å².